The van der Waals surface area contributed by atoms with Crippen molar-refractivity contribution in [2.45, 2.75) is 20.3 Å². The Balaban J connectivity index is 2.93. The number of hydrogen-bond acceptors (Lipinski definition) is 4. The largest absolute Gasteiger partial charge is 0.368 e. The minimum Gasteiger partial charge on any atom is -0.368 e. The number of rotatable bonds is 2. The predicted octanol–water partition coefficient (Wildman–Crippen LogP) is -0.0544. The molecule has 66 valence electrons. The molecule has 1 aromatic heterocycles. The second-order valence-electron chi connectivity index (χ2n) is 3.06. The molecule has 12 heavy (non-hydrogen) atoms. The molecule has 5 nitrogen and oxygen atoms in total. The number of nitrogens with one attached hydrogen (secondary N) is 1. The van der Waals surface area contributed by atoms with Crippen molar-refractivity contribution in [3.05, 3.63) is 16.3 Å². The molecule has 0 saturated heterocycles. The van der Waals surface area contributed by atoms with Crippen molar-refractivity contribution in [3.8, 4) is 0 Å². The van der Waals surface area contributed by atoms with E-state index in [2.05, 4.69) is 15.0 Å². The molecule has 1 heterocycles. The molecular formula is C7H12N4O. The van der Waals surface area contributed by atoms with Gasteiger partial charge < -0.3 is 5.73 Å². The molecule has 0 saturated carbocycles. The first kappa shape index (κ1) is 8.70. The number of hydrogen-bond donors (Lipinski definition) is 2. The molecule has 0 aliphatic heterocycles. The second-order valence-corrected chi connectivity index (χ2v) is 3.06. The number of H-pyrrole nitrogens is 1. The lowest BCUT2D eigenvalue weighted by Gasteiger charge is -2.02. The molecule has 0 amide bonds. The summed E-state index contributed by atoms with van der Waals surface area (Å²) >= 11 is 0. The summed E-state index contributed by atoms with van der Waals surface area (Å²) in [7, 11) is 0. The molecule has 3 N–H and O–H groups in total. The fraction of sp³-hybridized carbons (Fsp3) is 0.571. The van der Waals surface area contributed by atoms with Crippen LogP contribution in [0.2, 0.25) is 0 Å². The minimum absolute atomic E-state index is 0.0365. The van der Waals surface area contributed by atoms with Gasteiger partial charge in [0.2, 0.25) is 5.95 Å². The van der Waals surface area contributed by atoms with Crippen molar-refractivity contribution in [2.75, 3.05) is 5.73 Å². The van der Waals surface area contributed by atoms with Crippen molar-refractivity contribution >= 4 is 5.95 Å². The highest BCUT2D eigenvalue weighted by Crippen LogP contribution is 2.00. The van der Waals surface area contributed by atoms with Gasteiger partial charge in [0.25, 0.3) is 0 Å². The zero-order valence-electron chi connectivity index (χ0n) is 7.16. The lowest BCUT2D eigenvalue weighted by molar-refractivity contribution is 0.616. The van der Waals surface area contributed by atoms with E-state index in [1.165, 1.54) is 0 Å². The van der Waals surface area contributed by atoms with Crippen molar-refractivity contribution < 1.29 is 0 Å². The second kappa shape index (κ2) is 3.34. The van der Waals surface area contributed by atoms with Crippen molar-refractivity contribution in [1.82, 2.24) is 15.0 Å². The van der Waals surface area contributed by atoms with E-state index < -0.39 is 5.69 Å². The van der Waals surface area contributed by atoms with Crippen LogP contribution in [0, 0.1) is 5.92 Å². The van der Waals surface area contributed by atoms with Gasteiger partial charge in [-0.15, -0.1) is 0 Å². The first-order valence-electron chi connectivity index (χ1n) is 3.80. The van der Waals surface area contributed by atoms with Crippen molar-refractivity contribution in [2.24, 2.45) is 5.92 Å². The molecule has 0 fully saturated rings. The third kappa shape index (κ3) is 2.34. The number of nitrogens with two attached hydrogens (primary N) is 1. The van der Waals surface area contributed by atoms with Crippen LogP contribution in [-0.2, 0) is 6.42 Å². The zero-order chi connectivity index (χ0) is 9.14. The van der Waals surface area contributed by atoms with Gasteiger partial charge in [-0.3, -0.25) is 4.98 Å². The lowest BCUT2D eigenvalue weighted by Crippen LogP contribution is -2.18. The van der Waals surface area contributed by atoms with Crippen LogP contribution in [-0.4, -0.2) is 15.0 Å². The molecule has 0 spiro atoms. The summed E-state index contributed by atoms with van der Waals surface area (Å²) in [6, 6.07) is 0. The fourth-order valence-corrected chi connectivity index (χ4v) is 0.930. The van der Waals surface area contributed by atoms with E-state index in [0.717, 1.165) is 0 Å². The van der Waals surface area contributed by atoms with E-state index in [0.29, 0.717) is 18.2 Å². The summed E-state index contributed by atoms with van der Waals surface area (Å²) in [4.78, 5) is 20.6. The van der Waals surface area contributed by atoms with Crippen LogP contribution in [0.3, 0.4) is 0 Å². The summed E-state index contributed by atoms with van der Waals surface area (Å²) in [6.07, 6.45) is 0.710. The van der Waals surface area contributed by atoms with E-state index in [-0.39, 0.29) is 5.95 Å². The first-order chi connectivity index (χ1) is 5.58. The van der Waals surface area contributed by atoms with Crippen LogP contribution in [0.5, 0.6) is 0 Å². The molecular weight excluding hydrogens is 156 g/mol. The van der Waals surface area contributed by atoms with E-state index >= 15 is 0 Å². The van der Waals surface area contributed by atoms with Gasteiger partial charge in [0.15, 0.2) is 0 Å². The number of nitrogen functional groups attached to an aromatic ring is 1. The smallest absolute Gasteiger partial charge is 0.349 e. The molecule has 0 aromatic carbocycles. The van der Waals surface area contributed by atoms with E-state index in [4.69, 9.17) is 5.73 Å². The number of anilines is 1. The summed E-state index contributed by atoms with van der Waals surface area (Å²) in [5.74, 6) is 1.08. The SMILES string of the molecule is CC(C)Cc1nc(N)nc(=O)[nH]1. The van der Waals surface area contributed by atoms with E-state index in [1.54, 1.807) is 0 Å². The molecule has 5 heteroatoms. The van der Waals surface area contributed by atoms with Gasteiger partial charge in [-0.2, -0.15) is 9.97 Å². The van der Waals surface area contributed by atoms with Gasteiger partial charge in [-0.05, 0) is 5.92 Å². The highest BCUT2D eigenvalue weighted by molar-refractivity contribution is 5.12. The number of aromatic nitrogens is 3. The molecule has 0 unspecified atom stereocenters. The maximum atomic E-state index is 10.8. The Morgan fingerprint density at radius 2 is 2.17 bits per heavy atom. The summed E-state index contributed by atoms with van der Waals surface area (Å²) < 4.78 is 0. The Morgan fingerprint density at radius 3 is 2.67 bits per heavy atom. The Kier molecular flexibility index (Phi) is 2.42. The highest BCUT2D eigenvalue weighted by atomic mass is 16.1. The Morgan fingerprint density at radius 1 is 1.50 bits per heavy atom. The number of nitrogens with zero attached hydrogens (tertiary/aromatic N) is 2. The normalized spacial score (nSPS) is 10.6. The van der Waals surface area contributed by atoms with Crippen LogP contribution in [0.25, 0.3) is 0 Å². The van der Waals surface area contributed by atoms with Crippen molar-refractivity contribution in [3.63, 3.8) is 0 Å². The van der Waals surface area contributed by atoms with Crippen LogP contribution in [0.1, 0.15) is 19.7 Å². The standard InChI is InChI=1S/C7H12N4O/c1-4(2)3-5-9-6(8)11-7(12)10-5/h4H,3H2,1-2H3,(H3,8,9,10,11,12). The zero-order valence-corrected chi connectivity index (χ0v) is 7.16. The van der Waals surface area contributed by atoms with E-state index in [9.17, 15) is 4.79 Å². The first-order valence-corrected chi connectivity index (χ1v) is 3.80. The van der Waals surface area contributed by atoms with Gasteiger partial charge >= 0.3 is 5.69 Å². The average Bonchev–Trinajstić information content (AvgIpc) is 1.81. The van der Waals surface area contributed by atoms with Crippen LogP contribution < -0.4 is 11.4 Å². The monoisotopic (exact) mass is 168 g/mol. The highest BCUT2D eigenvalue weighted by Gasteiger charge is 2.01. The topological polar surface area (TPSA) is 84.7 Å². The van der Waals surface area contributed by atoms with E-state index in [1.807, 2.05) is 13.8 Å². The summed E-state index contributed by atoms with van der Waals surface area (Å²) in [5, 5.41) is 0. The quantitative estimate of drug-likeness (QED) is 0.648. The maximum Gasteiger partial charge on any atom is 0.349 e. The maximum absolute atomic E-state index is 10.8. The van der Waals surface area contributed by atoms with Crippen LogP contribution in [0.4, 0.5) is 5.95 Å². The van der Waals surface area contributed by atoms with Gasteiger partial charge in [0.1, 0.15) is 5.82 Å². The predicted molar refractivity (Wildman–Crippen MR) is 45.6 cm³/mol. The van der Waals surface area contributed by atoms with Gasteiger partial charge in [0, 0.05) is 6.42 Å². The lowest BCUT2D eigenvalue weighted by atomic mass is 10.1. The van der Waals surface area contributed by atoms with Crippen LogP contribution in [0.15, 0.2) is 4.79 Å². The molecule has 0 aliphatic carbocycles. The Hall–Kier alpha value is -1.39. The summed E-state index contributed by atoms with van der Waals surface area (Å²) in [6.45, 7) is 4.08. The third-order valence-electron chi connectivity index (χ3n) is 1.32. The molecule has 1 rings (SSSR count). The molecule has 0 radical (unpaired) electrons. The summed E-state index contributed by atoms with van der Waals surface area (Å²) in [5.41, 5.74) is 4.86. The molecule has 0 bridgehead atoms. The fourth-order valence-electron chi connectivity index (χ4n) is 0.930. The Labute approximate surface area is 70.1 Å². The van der Waals surface area contributed by atoms with Gasteiger partial charge in [-0.1, -0.05) is 13.8 Å². The third-order valence-corrected chi connectivity index (χ3v) is 1.32. The van der Waals surface area contributed by atoms with Crippen molar-refractivity contribution in [1.29, 1.82) is 0 Å². The molecule has 1 aromatic rings. The number of aromatic amines is 1. The van der Waals surface area contributed by atoms with Gasteiger partial charge in [0.05, 0.1) is 0 Å². The molecule has 0 atom stereocenters. The average molecular weight is 168 g/mol. The van der Waals surface area contributed by atoms with Gasteiger partial charge in [-0.25, -0.2) is 4.79 Å². The minimum atomic E-state index is -0.432. The Bertz CT molecular complexity index is 317. The van der Waals surface area contributed by atoms with Crippen LogP contribution >= 0.6 is 0 Å². The molecule has 0 aliphatic rings.